The molecule has 0 aromatic heterocycles. The van der Waals surface area contributed by atoms with Crippen molar-refractivity contribution in [3.8, 4) is 5.75 Å². The molecule has 1 fully saturated rings. The lowest BCUT2D eigenvalue weighted by Gasteiger charge is -2.31. The van der Waals surface area contributed by atoms with E-state index in [4.69, 9.17) is 26.8 Å². The molecule has 0 aliphatic carbocycles. The van der Waals surface area contributed by atoms with Gasteiger partial charge >= 0.3 is 0 Å². The first-order valence-corrected chi connectivity index (χ1v) is 7.01. The lowest BCUT2D eigenvalue weighted by Crippen LogP contribution is -2.57. The summed E-state index contributed by atoms with van der Waals surface area (Å²) in [6, 6.07) is 7.13. The van der Waals surface area contributed by atoms with E-state index in [2.05, 4.69) is 5.32 Å². The van der Waals surface area contributed by atoms with E-state index in [-0.39, 0.29) is 5.91 Å². The number of benzene rings is 1. The Labute approximate surface area is 123 Å². The van der Waals surface area contributed by atoms with Crippen LogP contribution < -0.4 is 15.8 Å². The van der Waals surface area contributed by atoms with Gasteiger partial charge in [-0.3, -0.25) is 4.79 Å². The molecule has 1 aromatic carbocycles. The Hall–Kier alpha value is -1.30. The van der Waals surface area contributed by atoms with E-state index in [0.717, 1.165) is 0 Å². The fraction of sp³-hybridized carbons (Fsp3) is 0.500. The van der Waals surface area contributed by atoms with Crippen LogP contribution in [0.25, 0.3) is 0 Å². The van der Waals surface area contributed by atoms with Gasteiger partial charge in [0.2, 0.25) is 5.91 Å². The average molecular weight is 299 g/mol. The Kier molecular flexibility index (Phi) is 5.23. The van der Waals surface area contributed by atoms with Crippen molar-refractivity contribution in [1.82, 2.24) is 5.32 Å². The number of nitrogens with one attached hydrogen (secondary N) is 1. The van der Waals surface area contributed by atoms with Gasteiger partial charge < -0.3 is 20.5 Å². The van der Waals surface area contributed by atoms with Crippen LogP contribution in [0, 0.1) is 0 Å². The van der Waals surface area contributed by atoms with Crippen LogP contribution >= 0.6 is 11.6 Å². The molecule has 6 heteroatoms. The molecule has 1 aliphatic heterocycles. The van der Waals surface area contributed by atoms with Crippen LogP contribution in [0.1, 0.15) is 12.8 Å². The van der Waals surface area contributed by atoms with Crippen LogP contribution in [0.3, 0.4) is 0 Å². The number of carbonyl (C=O) groups is 1. The molecule has 0 bridgehead atoms. The molecule has 1 saturated heterocycles. The van der Waals surface area contributed by atoms with Gasteiger partial charge in [0.15, 0.2) is 0 Å². The van der Waals surface area contributed by atoms with Crippen LogP contribution in [-0.4, -0.2) is 37.8 Å². The predicted octanol–water partition coefficient (Wildman–Crippen LogP) is 1.34. The number of hydrogen-bond donors (Lipinski definition) is 2. The number of nitrogens with two attached hydrogens (primary N) is 1. The van der Waals surface area contributed by atoms with E-state index < -0.39 is 5.54 Å². The second kappa shape index (κ2) is 6.92. The number of ether oxygens (including phenoxy) is 2. The molecule has 0 atom stereocenters. The third-order valence-electron chi connectivity index (χ3n) is 3.29. The summed E-state index contributed by atoms with van der Waals surface area (Å²) in [5, 5.41) is 3.42. The Bertz CT molecular complexity index is 461. The summed E-state index contributed by atoms with van der Waals surface area (Å²) in [6.45, 7) is 1.84. The molecule has 1 aliphatic rings. The minimum Gasteiger partial charge on any atom is -0.492 e. The zero-order valence-corrected chi connectivity index (χ0v) is 12.0. The fourth-order valence-corrected chi connectivity index (χ4v) is 2.21. The first-order chi connectivity index (χ1) is 9.60. The van der Waals surface area contributed by atoms with Crippen LogP contribution in [0.4, 0.5) is 0 Å². The highest BCUT2D eigenvalue weighted by Gasteiger charge is 2.35. The maximum Gasteiger partial charge on any atom is 0.240 e. The van der Waals surface area contributed by atoms with Crippen LogP contribution in [-0.2, 0) is 9.53 Å². The third kappa shape index (κ3) is 4.10. The molecule has 0 radical (unpaired) electrons. The van der Waals surface area contributed by atoms with Gasteiger partial charge in [0.1, 0.15) is 12.4 Å². The lowest BCUT2D eigenvalue weighted by atomic mass is 9.90. The summed E-state index contributed by atoms with van der Waals surface area (Å²) in [4.78, 5) is 12.0. The molecule has 5 nitrogen and oxygen atoms in total. The quantitative estimate of drug-likeness (QED) is 0.805. The van der Waals surface area contributed by atoms with Crippen molar-refractivity contribution in [2.45, 2.75) is 18.4 Å². The molecular formula is C14H19ClN2O3. The summed E-state index contributed by atoms with van der Waals surface area (Å²) in [6.07, 6.45) is 1.10. The van der Waals surface area contributed by atoms with Gasteiger partial charge in [-0.05, 0) is 31.0 Å². The first kappa shape index (κ1) is 15.1. The SMILES string of the molecule is NC1(C(=O)NCCOc2cccc(Cl)c2)CCOCC1. The summed E-state index contributed by atoms with van der Waals surface area (Å²) >= 11 is 5.85. The molecule has 2 rings (SSSR count). The topological polar surface area (TPSA) is 73.6 Å². The van der Waals surface area contributed by atoms with E-state index in [9.17, 15) is 4.79 Å². The van der Waals surface area contributed by atoms with Crippen molar-refractivity contribution in [2.75, 3.05) is 26.4 Å². The molecule has 0 unspecified atom stereocenters. The Morgan fingerprint density at radius 2 is 2.20 bits per heavy atom. The predicted molar refractivity (Wildman–Crippen MR) is 76.9 cm³/mol. The molecular weight excluding hydrogens is 280 g/mol. The zero-order valence-electron chi connectivity index (χ0n) is 11.2. The number of amides is 1. The van der Waals surface area contributed by atoms with E-state index in [0.29, 0.717) is 50.0 Å². The molecule has 1 amide bonds. The van der Waals surface area contributed by atoms with Gasteiger partial charge in [-0.2, -0.15) is 0 Å². The van der Waals surface area contributed by atoms with Gasteiger partial charge in [-0.15, -0.1) is 0 Å². The second-order valence-electron chi connectivity index (χ2n) is 4.83. The van der Waals surface area contributed by atoms with Crippen molar-refractivity contribution in [2.24, 2.45) is 5.73 Å². The molecule has 1 heterocycles. The standard InChI is InChI=1S/C14H19ClN2O3/c15-11-2-1-3-12(10-11)20-9-6-17-13(18)14(16)4-7-19-8-5-14/h1-3,10H,4-9,16H2,(H,17,18). The van der Waals surface area contributed by atoms with E-state index in [1.807, 2.05) is 12.1 Å². The smallest absolute Gasteiger partial charge is 0.240 e. The number of rotatable bonds is 5. The highest BCUT2D eigenvalue weighted by atomic mass is 35.5. The van der Waals surface area contributed by atoms with Crippen molar-refractivity contribution in [3.05, 3.63) is 29.3 Å². The van der Waals surface area contributed by atoms with Gasteiger partial charge in [0.05, 0.1) is 12.1 Å². The Balaban J connectivity index is 1.71. The van der Waals surface area contributed by atoms with E-state index >= 15 is 0 Å². The molecule has 110 valence electrons. The fourth-order valence-electron chi connectivity index (χ4n) is 2.03. The molecule has 0 spiro atoms. The highest BCUT2D eigenvalue weighted by Crippen LogP contribution is 2.18. The normalized spacial score (nSPS) is 17.5. The second-order valence-corrected chi connectivity index (χ2v) is 5.27. The summed E-state index contributed by atoms with van der Waals surface area (Å²) < 4.78 is 10.7. The Morgan fingerprint density at radius 3 is 2.90 bits per heavy atom. The van der Waals surface area contributed by atoms with E-state index in [1.165, 1.54) is 0 Å². The van der Waals surface area contributed by atoms with Crippen molar-refractivity contribution in [3.63, 3.8) is 0 Å². The maximum atomic E-state index is 12.0. The van der Waals surface area contributed by atoms with Crippen molar-refractivity contribution >= 4 is 17.5 Å². The monoisotopic (exact) mass is 298 g/mol. The van der Waals surface area contributed by atoms with E-state index in [1.54, 1.807) is 12.1 Å². The third-order valence-corrected chi connectivity index (χ3v) is 3.52. The van der Waals surface area contributed by atoms with Gasteiger partial charge in [-0.1, -0.05) is 17.7 Å². The number of halogens is 1. The minimum absolute atomic E-state index is 0.143. The lowest BCUT2D eigenvalue weighted by molar-refractivity contribution is -0.129. The summed E-state index contributed by atoms with van der Waals surface area (Å²) in [5.41, 5.74) is 5.25. The maximum absolute atomic E-state index is 12.0. The number of hydrogen-bond acceptors (Lipinski definition) is 4. The number of carbonyl (C=O) groups excluding carboxylic acids is 1. The summed E-state index contributed by atoms with van der Waals surface area (Å²) in [5.74, 6) is 0.538. The van der Waals surface area contributed by atoms with Crippen LogP contribution in [0.15, 0.2) is 24.3 Å². The van der Waals surface area contributed by atoms with Gasteiger partial charge in [0, 0.05) is 18.2 Å². The highest BCUT2D eigenvalue weighted by molar-refractivity contribution is 6.30. The molecule has 3 N–H and O–H groups in total. The van der Waals surface area contributed by atoms with Crippen LogP contribution in [0.5, 0.6) is 5.75 Å². The van der Waals surface area contributed by atoms with Crippen LogP contribution in [0.2, 0.25) is 5.02 Å². The molecule has 1 aromatic rings. The van der Waals surface area contributed by atoms with Crippen molar-refractivity contribution in [1.29, 1.82) is 0 Å². The van der Waals surface area contributed by atoms with Crippen molar-refractivity contribution < 1.29 is 14.3 Å². The molecule has 20 heavy (non-hydrogen) atoms. The first-order valence-electron chi connectivity index (χ1n) is 6.63. The molecule has 0 saturated carbocycles. The zero-order chi connectivity index (χ0) is 14.4. The summed E-state index contributed by atoms with van der Waals surface area (Å²) in [7, 11) is 0. The average Bonchev–Trinajstić information content (AvgIpc) is 2.44. The largest absolute Gasteiger partial charge is 0.492 e. The van der Waals surface area contributed by atoms with Gasteiger partial charge in [-0.25, -0.2) is 0 Å². The van der Waals surface area contributed by atoms with Gasteiger partial charge in [0.25, 0.3) is 0 Å². The minimum atomic E-state index is -0.811. The Morgan fingerprint density at radius 1 is 1.45 bits per heavy atom.